The Balaban J connectivity index is 2.33. The number of hydrogen-bond donors (Lipinski definition) is 0. The maximum Gasteiger partial charge on any atom is 0.232 e. The van der Waals surface area contributed by atoms with Crippen LogP contribution in [0.5, 0.6) is 0 Å². The molecule has 2 nitrogen and oxygen atoms in total. The van der Waals surface area contributed by atoms with E-state index < -0.39 is 11.1 Å². The number of carbonyl (C=O) groups excluding carboxylic acids is 1. The highest BCUT2D eigenvalue weighted by molar-refractivity contribution is 5.84. The van der Waals surface area contributed by atoms with Gasteiger partial charge in [-0.05, 0) is 39.7 Å². The normalized spacial score (nSPS) is 19.7. The first-order valence-corrected chi connectivity index (χ1v) is 7.47. The van der Waals surface area contributed by atoms with Gasteiger partial charge in [-0.15, -0.1) is 0 Å². The zero-order valence-electron chi connectivity index (χ0n) is 13.3. The highest BCUT2D eigenvalue weighted by Crippen LogP contribution is 2.39. The number of benzene rings is 1. The highest BCUT2D eigenvalue weighted by atomic mass is 19.1. The first-order chi connectivity index (χ1) is 9.75. The van der Waals surface area contributed by atoms with Crippen molar-refractivity contribution in [3.63, 3.8) is 0 Å². The molecule has 114 valence electrons. The molecule has 0 unspecified atom stereocenters. The Hall–Kier alpha value is -1.64. The van der Waals surface area contributed by atoms with E-state index in [1.807, 2.05) is 36.4 Å². The van der Waals surface area contributed by atoms with Crippen LogP contribution in [-0.4, -0.2) is 23.0 Å². The van der Waals surface area contributed by atoms with Crippen molar-refractivity contribution >= 4 is 5.91 Å². The topological polar surface area (TPSA) is 20.3 Å². The van der Waals surface area contributed by atoms with Gasteiger partial charge < -0.3 is 4.90 Å². The molecule has 0 aliphatic carbocycles. The van der Waals surface area contributed by atoms with Crippen LogP contribution in [0.2, 0.25) is 0 Å². The molecule has 1 atom stereocenters. The monoisotopic (exact) mass is 289 g/mol. The minimum atomic E-state index is -1.56. The van der Waals surface area contributed by atoms with Crippen LogP contribution in [0.3, 0.4) is 0 Å². The second-order valence-electron chi connectivity index (χ2n) is 6.67. The summed E-state index contributed by atoms with van der Waals surface area (Å²) in [6.45, 7) is 6.96. The van der Waals surface area contributed by atoms with Crippen molar-refractivity contribution in [2.45, 2.75) is 45.8 Å². The van der Waals surface area contributed by atoms with E-state index in [1.54, 1.807) is 18.7 Å². The molecule has 2 rings (SSSR count). The summed E-state index contributed by atoms with van der Waals surface area (Å²) in [5.74, 6) is -0.131. The number of amides is 1. The lowest BCUT2D eigenvalue weighted by atomic mass is 9.76. The summed E-state index contributed by atoms with van der Waals surface area (Å²) in [6.07, 6.45) is 4.95. The van der Waals surface area contributed by atoms with Crippen LogP contribution in [0.4, 0.5) is 4.39 Å². The number of hydrogen-bond acceptors (Lipinski definition) is 1. The predicted molar refractivity (Wildman–Crippen MR) is 83.6 cm³/mol. The molecule has 0 saturated carbocycles. The van der Waals surface area contributed by atoms with E-state index in [4.69, 9.17) is 0 Å². The maximum absolute atomic E-state index is 14.4. The Bertz CT molecular complexity index is 528. The summed E-state index contributed by atoms with van der Waals surface area (Å²) < 4.78 is 14.4. The lowest BCUT2D eigenvalue weighted by molar-refractivity contribution is -0.150. The Morgan fingerprint density at radius 2 is 1.81 bits per heavy atom. The fourth-order valence-electron chi connectivity index (χ4n) is 2.46. The van der Waals surface area contributed by atoms with Crippen molar-refractivity contribution in [3.05, 3.63) is 48.0 Å². The van der Waals surface area contributed by atoms with Crippen molar-refractivity contribution in [2.24, 2.45) is 5.41 Å². The molecule has 0 bridgehead atoms. The summed E-state index contributed by atoms with van der Waals surface area (Å²) in [5.41, 5.74) is -1.55. The molecule has 3 heteroatoms. The molecule has 0 aromatic heterocycles. The number of halogens is 1. The second kappa shape index (κ2) is 5.63. The summed E-state index contributed by atoms with van der Waals surface area (Å²) in [5, 5.41) is 0. The average molecular weight is 289 g/mol. The molecular formula is C18H24FNO. The molecule has 0 N–H and O–H groups in total. The van der Waals surface area contributed by atoms with Crippen LogP contribution >= 0.6 is 0 Å². The first kappa shape index (κ1) is 15.7. The summed E-state index contributed by atoms with van der Waals surface area (Å²) in [7, 11) is 0. The van der Waals surface area contributed by atoms with Gasteiger partial charge in [0.1, 0.15) is 5.67 Å². The summed E-state index contributed by atoms with van der Waals surface area (Å²) in [4.78, 5) is 14.7. The molecule has 1 heterocycles. The molecule has 0 radical (unpaired) electrons. The predicted octanol–water partition coefficient (Wildman–Crippen LogP) is 4.29. The van der Waals surface area contributed by atoms with Gasteiger partial charge in [0.2, 0.25) is 5.91 Å². The Kier molecular flexibility index (Phi) is 4.22. The van der Waals surface area contributed by atoms with Gasteiger partial charge in [-0.3, -0.25) is 4.79 Å². The van der Waals surface area contributed by atoms with E-state index in [2.05, 4.69) is 6.08 Å². The van der Waals surface area contributed by atoms with E-state index in [1.165, 1.54) is 13.8 Å². The highest BCUT2D eigenvalue weighted by Gasteiger charge is 2.47. The fraction of sp³-hybridized carbons (Fsp3) is 0.500. The average Bonchev–Trinajstić information content (AvgIpc) is 2.46. The fourth-order valence-corrected chi connectivity index (χ4v) is 2.46. The second-order valence-corrected chi connectivity index (χ2v) is 6.67. The third-order valence-corrected chi connectivity index (χ3v) is 4.61. The third-order valence-electron chi connectivity index (χ3n) is 4.61. The molecular weight excluding hydrogens is 265 g/mol. The van der Waals surface area contributed by atoms with Crippen molar-refractivity contribution in [3.8, 4) is 0 Å². The lowest BCUT2D eigenvalue weighted by Gasteiger charge is -2.42. The summed E-state index contributed by atoms with van der Waals surface area (Å²) in [6, 6.07) is 9.79. The number of rotatable bonds is 3. The molecule has 1 aromatic carbocycles. The summed E-state index contributed by atoms with van der Waals surface area (Å²) >= 11 is 0. The maximum atomic E-state index is 14.4. The van der Waals surface area contributed by atoms with E-state index in [0.717, 1.165) is 12.0 Å². The van der Waals surface area contributed by atoms with Crippen LogP contribution in [0.15, 0.2) is 42.5 Å². The van der Waals surface area contributed by atoms with Gasteiger partial charge >= 0.3 is 0 Å². The molecule has 0 spiro atoms. The standard InChI is InChI=1S/C18H24FNO/c1-17(2,18(3,4)19)16(21)20-13-9-8-12-15(20)14-10-6-5-7-11-14/h5-8,10-12,15H,9,13H2,1-4H3/t15-/m0/s1. The SMILES string of the molecule is CC(C)(F)C(C)(C)C(=O)N1CCC=C[C@H]1c1ccccc1. The van der Waals surface area contributed by atoms with Crippen molar-refractivity contribution in [2.75, 3.05) is 6.54 Å². The third kappa shape index (κ3) is 3.02. The molecule has 0 saturated heterocycles. The van der Waals surface area contributed by atoms with Gasteiger partial charge in [0.05, 0.1) is 11.5 Å². The smallest absolute Gasteiger partial charge is 0.232 e. The Morgan fingerprint density at radius 3 is 2.38 bits per heavy atom. The van der Waals surface area contributed by atoms with Crippen LogP contribution in [0.1, 0.15) is 45.7 Å². The Morgan fingerprint density at radius 1 is 1.19 bits per heavy atom. The van der Waals surface area contributed by atoms with E-state index in [9.17, 15) is 9.18 Å². The van der Waals surface area contributed by atoms with Gasteiger partial charge in [-0.25, -0.2) is 4.39 Å². The number of nitrogens with zero attached hydrogens (tertiary/aromatic N) is 1. The van der Waals surface area contributed by atoms with E-state index in [0.29, 0.717) is 6.54 Å². The van der Waals surface area contributed by atoms with Crippen molar-refractivity contribution < 1.29 is 9.18 Å². The van der Waals surface area contributed by atoms with Crippen LogP contribution in [0.25, 0.3) is 0 Å². The zero-order chi connectivity index (χ0) is 15.7. The molecule has 21 heavy (non-hydrogen) atoms. The number of carbonyl (C=O) groups is 1. The largest absolute Gasteiger partial charge is 0.331 e. The van der Waals surface area contributed by atoms with E-state index >= 15 is 0 Å². The molecule has 1 aliphatic rings. The quantitative estimate of drug-likeness (QED) is 0.760. The van der Waals surface area contributed by atoms with Gasteiger partial charge in [0.25, 0.3) is 0 Å². The van der Waals surface area contributed by atoms with Crippen LogP contribution in [-0.2, 0) is 4.79 Å². The minimum Gasteiger partial charge on any atom is -0.331 e. The van der Waals surface area contributed by atoms with Gasteiger partial charge in [0, 0.05) is 6.54 Å². The van der Waals surface area contributed by atoms with Gasteiger partial charge in [0.15, 0.2) is 0 Å². The molecule has 0 fully saturated rings. The molecule has 1 aromatic rings. The Labute approximate surface area is 126 Å². The molecule has 1 aliphatic heterocycles. The van der Waals surface area contributed by atoms with Crippen LogP contribution in [0, 0.1) is 5.41 Å². The zero-order valence-corrected chi connectivity index (χ0v) is 13.3. The molecule has 1 amide bonds. The number of alkyl halides is 1. The first-order valence-electron chi connectivity index (χ1n) is 7.47. The van der Waals surface area contributed by atoms with Crippen molar-refractivity contribution in [1.29, 1.82) is 0 Å². The van der Waals surface area contributed by atoms with Gasteiger partial charge in [-0.1, -0.05) is 42.5 Å². The minimum absolute atomic E-state index is 0.103. The van der Waals surface area contributed by atoms with Gasteiger partial charge in [-0.2, -0.15) is 0 Å². The van der Waals surface area contributed by atoms with Crippen molar-refractivity contribution in [1.82, 2.24) is 4.90 Å². The van der Waals surface area contributed by atoms with E-state index in [-0.39, 0.29) is 11.9 Å². The van der Waals surface area contributed by atoms with Crippen LogP contribution < -0.4 is 0 Å². The lowest BCUT2D eigenvalue weighted by Crippen LogP contribution is -2.51.